The highest BCUT2D eigenvalue weighted by atomic mass is 16.5. The number of hydrogen-bond donors (Lipinski definition) is 1. The van der Waals surface area contributed by atoms with Gasteiger partial charge < -0.3 is 10.1 Å². The average molecular weight is 217 g/mol. The third kappa shape index (κ3) is 3.14. The molecular formula is C12H11NO3. The molecule has 1 N–H and O–H groups in total. The highest BCUT2D eigenvalue weighted by Gasteiger charge is 2.14. The number of ether oxygens (including phenoxy) is 1. The monoisotopic (exact) mass is 217 g/mol. The van der Waals surface area contributed by atoms with Crippen molar-refractivity contribution in [3.63, 3.8) is 0 Å². The maximum Gasteiger partial charge on any atom is 0.397 e. The lowest BCUT2D eigenvalue weighted by Gasteiger charge is -2.04. The first-order chi connectivity index (χ1) is 7.67. The van der Waals surface area contributed by atoms with E-state index in [2.05, 4.69) is 16.0 Å². The highest BCUT2D eigenvalue weighted by Crippen LogP contribution is 2.08. The number of anilines is 1. The summed E-state index contributed by atoms with van der Waals surface area (Å²) >= 11 is 0. The maximum absolute atomic E-state index is 11.2. The first-order valence-corrected chi connectivity index (χ1v) is 4.72. The summed E-state index contributed by atoms with van der Waals surface area (Å²) in [7, 11) is 0. The van der Waals surface area contributed by atoms with Gasteiger partial charge in [0.1, 0.15) is 0 Å². The Kier molecular flexibility index (Phi) is 4.10. The third-order valence-electron chi connectivity index (χ3n) is 1.77. The van der Waals surface area contributed by atoms with Crippen LogP contribution in [0.4, 0.5) is 5.69 Å². The number of rotatable bonds is 2. The molecule has 0 aliphatic carbocycles. The van der Waals surface area contributed by atoms with E-state index in [4.69, 9.17) is 6.42 Å². The first-order valence-electron chi connectivity index (χ1n) is 4.72. The fraction of sp³-hybridized carbons (Fsp3) is 0.167. The van der Waals surface area contributed by atoms with Gasteiger partial charge in [-0.05, 0) is 31.2 Å². The van der Waals surface area contributed by atoms with E-state index in [0.29, 0.717) is 11.3 Å². The van der Waals surface area contributed by atoms with Crippen LogP contribution in [0.25, 0.3) is 0 Å². The van der Waals surface area contributed by atoms with E-state index in [-0.39, 0.29) is 6.61 Å². The summed E-state index contributed by atoms with van der Waals surface area (Å²) in [6.45, 7) is 1.80. The molecule has 0 aromatic heterocycles. The van der Waals surface area contributed by atoms with Crippen LogP contribution in [-0.2, 0) is 14.3 Å². The number of benzene rings is 1. The van der Waals surface area contributed by atoms with Crippen LogP contribution in [0.5, 0.6) is 0 Å². The van der Waals surface area contributed by atoms with E-state index < -0.39 is 11.9 Å². The van der Waals surface area contributed by atoms with E-state index in [1.165, 1.54) is 0 Å². The normalized spacial score (nSPS) is 9.00. The second kappa shape index (κ2) is 5.56. The molecule has 0 atom stereocenters. The quantitative estimate of drug-likeness (QED) is 0.459. The Balaban J connectivity index is 2.63. The largest absolute Gasteiger partial charge is 0.459 e. The fourth-order valence-electron chi connectivity index (χ4n) is 1.03. The van der Waals surface area contributed by atoms with Gasteiger partial charge in [-0.3, -0.25) is 4.79 Å². The number of amides is 1. The summed E-state index contributed by atoms with van der Waals surface area (Å²) < 4.78 is 4.54. The second-order valence-electron chi connectivity index (χ2n) is 2.90. The molecule has 0 aliphatic heterocycles. The van der Waals surface area contributed by atoms with Gasteiger partial charge in [-0.25, -0.2) is 4.79 Å². The Hall–Kier alpha value is -2.28. The molecule has 1 rings (SSSR count). The summed E-state index contributed by atoms with van der Waals surface area (Å²) in [6, 6.07) is 6.57. The van der Waals surface area contributed by atoms with Gasteiger partial charge in [-0.2, -0.15) is 0 Å². The molecule has 0 saturated heterocycles. The summed E-state index contributed by atoms with van der Waals surface area (Å²) in [6.07, 6.45) is 5.18. The lowest BCUT2D eigenvalue weighted by atomic mass is 10.2. The molecule has 0 radical (unpaired) electrons. The lowest BCUT2D eigenvalue weighted by Crippen LogP contribution is -2.24. The number of nitrogens with one attached hydrogen (secondary N) is 1. The molecule has 0 aliphatic rings. The third-order valence-corrected chi connectivity index (χ3v) is 1.77. The predicted octanol–water partition coefficient (Wildman–Crippen LogP) is 1.17. The van der Waals surface area contributed by atoms with Crippen LogP contribution in [0.3, 0.4) is 0 Å². The van der Waals surface area contributed by atoms with Crippen LogP contribution in [0.15, 0.2) is 24.3 Å². The van der Waals surface area contributed by atoms with Crippen molar-refractivity contribution in [3.05, 3.63) is 29.8 Å². The van der Waals surface area contributed by atoms with E-state index >= 15 is 0 Å². The SMILES string of the molecule is C#Cc1ccc(NC(=O)C(=O)OCC)cc1. The summed E-state index contributed by atoms with van der Waals surface area (Å²) in [5.74, 6) is 0.751. The zero-order valence-electron chi connectivity index (χ0n) is 8.82. The van der Waals surface area contributed by atoms with Gasteiger partial charge in [0, 0.05) is 11.3 Å². The minimum atomic E-state index is -0.900. The summed E-state index contributed by atoms with van der Waals surface area (Å²) in [4.78, 5) is 22.2. The topological polar surface area (TPSA) is 55.4 Å². The smallest absolute Gasteiger partial charge is 0.397 e. The molecule has 82 valence electrons. The summed E-state index contributed by atoms with van der Waals surface area (Å²) in [5, 5.41) is 2.40. The zero-order chi connectivity index (χ0) is 12.0. The van der Waals surface area contributed by atoms with E-state index in [1.54, 1.807) is 31.2 Å². The zero-order valence-corrected chi connectivity index (χ0v) is 8.82. The number of hydrogen-bond acceptors (Lipinski definition) is 3. The van der Waals surface area contributed by atoms with Crippen molar-refractivity contribution in [2.45, 2.75) is 6.92 Å². The Labute approximate surface area is 93.6 Å². The number of esters is 1. The van der Waals surface area contributed by atoms with Crippen LogP contribution in [0, 0.1) is 12.3 Å². The average Bonchev–Trinajstić information content (AvgIpc) is 2.30. The molecule has 0 spiro atoms. The lowest BCUT2D eigenvalue weighted by molar-refractivity contribution is -0.152. The Bertz CT molecular complexity index is 429. The second-order valence-corrected chi connectivity index (χ2v) is 2.90. The van der Waals surface area contributed by atoms with Crippen LogP contribution in [0.1, 0.15) is 12.5 Å². The molecule has 4 heteroatoms. The molecule has 16 heavy (non-hydrogen) atoms. The van der Waals surface area contributed by atoms with Crippen molar-refractivity contribution in [3.8, 4) is 12.3 Å². The van der Waals surface area contributed by atoms with Crippen LogP contribution < -0.4 is 5.32 Å². The van der Waals surface area contributed by atoms with Crippen molar-refractivity contribution in [2.75, 3.05) is 11.9 Å². The molecule has 0 unspecified atom stereocenters. The Morgan fingerprint density at radius 2 is 2.00 bits per heavy atom. The van der Waals surface area contributed by atoms with Crippen molar-refractivity contribution < 1.29 is 14.3 Å². The number of carbonyl (C=O) groups is 2. The molecule has 0 fully saturated rings. The van der Waals surface area contributed by atoms with E-state index in [9.17, 15) is 9.59 Å². The minimum Gasteiger partial charge on any atom is -0.459 e. The van der Waals surface area contributed by atoms with Gasteiger partial charge in [0.25, 0.3) is 0 Å². The molecule has 4 nitrogen and oxygen atoms in total. The molecular weight excluding hydrogens is 206 g/mol. The molecule has 0 bridgehead atoms. The van der Waals surface area contributed by atoms with Crippen molar-refractivity contribution in [1.29, 1.82) is 0 Å². The molecule has 0 heterocycles. The molecule has 1 aromatic rings. The van der Waals surface area contributed by atoms with Crippen molar-refractivity contribution >= 4 is 17.6 Å². The van der Waals surface area contributed by atoms with Crippen molar-refractivity contribution in [2.24, 2.45) is 0 Å². The van der Waals surface area contributed by atoms with Gasteiger partial charge in [0.15, 0.2) is 0 Å². The number of terminal acetylenes is 1. The van der Waals surface area contributed by atoms with Crippen LogP contribution >= 0.6 is 0 Å². The number of carbonyl (C=O) groups excluding carboxylic acids is 2. The van der Waals surface area contributed by atoms with Gasteiger partial charge in [-0.1, -0.05) is 5.92 Å². The van der Waals surface area contributed by atoms with E-state index in [1.807, 2.05) is 0 Å². The molecule has 1 aromatic carbocycles. The van der Waals surface area contributed by atoms with Gasteiger partial charge in [0.05, 0.1) is 6.61 Å². The van der Waals surface area contributed by atoms with Gasteiger partial charge in [0.2, 0.25) is 0 Å². The van der Waals surface area contributed by atoms with E-state index in [0.717, 1.165) is 0 Å². The molecule has 0 saturated carbocycles. The predicted molar refractivity (Wildman–Crippen MR) is 59.6 cm³/mol. The maximum atomic E-state index is 11.2. The fourth-order valence-corrected chi connectivity index (χ4v) is 1.03. The first kappa shape index (κ1) is 11.8. The standard InChI is InChI=1S/C12H11NO3/c1-3-9-5-7-10(8-6-9)13-11(14)12(15)16-4-2/h1,5-8H,4H2,2H3,(H,13,14). The van der Waals surface area contributed by atoms with Crippen molar-refractivity contribution in [1.82, 2.24) is 0 Å². The highest BCUT2D eigenvalue weighted by molar-refractivity contribution is 6.37. The minimum absolute atomic E-state index is 0.169. The Morgan fingerprint density at radius 3 is 2.50 bits per heavy atom. The van der Waals surface area contributed by atoms with Crippen LogP contribution in [-0.4, -0.2) is 18.5 Å². The van der Waals surface area contributed by atoms with Gasteiger partial charge >= 0.3 is 11.9 Å². The Morgan fingerprint density at radius 1 is 1.38 bits per heavy atom. The molecule has 1 amide bonds. The van der Waals surface area contributed by atoms with Crippen LogP contribution in [0.2, 0.25) is 0 Å². The van der Waals surface area contributed by atoms with Gasteiger partial charge in [-0.15, -0.1) is 6.42 Å². The summed E-state index contributed by atoms with van der Waals surface area (Å²) in [5.41, 5.74) is 1.20.